The van der Waals surface area contributed by atoms with Crippen LogP contribution in [0, 0.1) is 17.8 Å². The van der Waals surface area contributed by atoms with Crippen molar-refractivity contribution in [3.05, 3.63) is 99.9 Å². The molecule has 204 valence electrons. The van der Waals surface area contributed by atoms with Crippen molar-refractivity contribution in [3.63, 3.8) is 0 Å². The van der Waals surface area contributed by atoms with E-state index in [2.05, 4.69) is 0 Å². The number of ether oxygens (including phenoxy) is 1. The number of furan rings is 1. The van der Waals surface area contributed by atoms with E-state index in [1.165, 1.54) is 54.8 Å². The molecular weight excluding hydrogens is 559 g/mol. The van der Waals surface area contributed by atoms with Crippen LogP contribution in [0.3, 0.4) is 0 Å². The molecule has 2 heterocycles. The quantitative estimate of drug-likeness (QED) is 0.123. The van der Waals surface area contributed by atoms with Crippen molar-refractivity contribution in [3.8, 4) is 5.75 Å². The highest BCUT2D eigenvalue weighted by Crippen LogP contribution is 2.39. The Balaban J connectivity index is 1.41. The molecule has 3 amide bonds. The summed E-state index contributed by atoms with van der Waals surface area (Å²) in [5.41, 5.74) is 0.209. The number of nitrogens with zero attached hydrogens (tertiary/aromatic N) is 2. The Bertz CT molecular complexity index is 1530. The number of amides is 3. The molecule has 9 nitrogen and oxygen atoms in total. The fourth-order valence-electron chi connectivity index (χ4n) is 4.87. The number of hydrogen-bond acceptors (Lipinski definition) is 7. The average molecular weight is 581 g/mol. The molecule has 0 saturated carbocycles. The first kappa shape index (κ1) is 27.4. The van der Waals surface area contributed by atoms with Crippen LogP contribution in [0.4, 0.5) is 0 Å². The van der Waals surface area contributed by atoms with Crippen LogP contribution >= 0.6 is 23.2 Å². The molecule has 0 bridgehead atoms. The van der Waals surface area contributed by atoms with E-state index >= 15 is 0 Å². The highest BCUT2D eigenvalue weighted by molar-refractivity contribution is 6.42. The van der Waals surface area contributed by atoms with Crippen molar-refractivity contribution in [2.45, 2.75) is 13.3 Å². The number of halogens is 2. The van der Waals surface area contributed by atoms with E-state index in [0.29, 0.717) is 6.42 Å². The average Bonchev–Trinajstić information content (AvgIpc) is 3.57. The molecule has 3 aromatic rings. The number of hydrogen-bond donors (Lipinski definition) is 0. The zero-order valence-electron chi connectivity index (χ0n) is 21.1. The Kier molecular flexibility index (Phi) is 7.60. The maximum atomic E-state index is 13.7. The van der Waals surface area contributed by atoms with Gasteiger partial charge < -0.3 is 9.15 Å². The minimum absolute atomic E-state index is 0.0154. The Hall–Kier alpha value is -4.21. The Labute approximate surface area is 238 Å². The zero-order chi connectivity index (χ0) is 28.6. The van der Waals surface area contributed by atoms with Gasteiger partial charge in [0, 0.05) is 11.1 Å². The molecular formula is C29H22Cl2N2O7. The molecule has 40 heavy (non-hydrogen) atoms. The number of imide groups is 1. The Morgan fingerprint density at radius 2 is 1.73 bits per heavy atom. The van der Waals surface area contributed by atoms with Gasteiger partial charge in [0.15, 0.2) is 5.78 Å². The van der Waals surface area contributed by atoms with E-state index in [4.69, 9.17) is 32.4 Å². The lowest BCUT2D eigenvalue weighted by Gasteiger charge is -2.30. The van der Waals surface area contributed by atoms with Crippen LogP contribution in [-0.2, 0) is 9.59 Å². The fraction of sp³-hybridized carbons (Fsp3) is 0.207. The van der Waals surface area contributed by atoms with Gasteiger partial charge >= 0.3 is 5.97 Å². The minimum Gasteiger partial charge on any atom is -0.457 e. The fourth-order valence-corrected chi connectivity index (χ4v) is 5.17. The summed E-state index contributed by atoms with van der Waals surface area (Å²) in [5, 5.41) is 1.97. The van der Waals surface area contributed by atoms with Gasteiger partial charge in [0.25, 0.3) is 17.7 Å². The van der Waals surface area contributed by atoms with Gasteiger partial charge in [-0.1, -0.05) is 42.3 Å². The van der Waals surface area contributed by atoms with Crippen LogP contribution in [0.1, 0.15) is 44.6 Å². The van der Waals surface area contributed by atoms with E-state index < -0.39 is 47.9 Å². The first-order chi connectivity index (χ1) is 19.2. The lowest BCUT2D eigenvalue weighted by molar-refractivity contribution is -0.154. The molecule has 0 unspecified atom stereocenters. The topological polar surface area (TPSA) is 114 Å². The molecule has 0 spiro atoms. The molecule has 1 saturated heterocycles. The summed E-state index contributed by atoms with van der Waals surface area (Å²) in [6, 6.07) is 12.8. The number of ketones is 1. The zero-order valence-corrected chi connectivity index (χ0v) is 22.6. The summed E-state index contributed by atoms with van der Waals surface area (Å²) in [4.78, 5) is 66.0. The third-order valence-corrected chi connectivity index (χ3v) is 7.63. The van der Waals surface area contributed by atoms with Crippen molar-refractivity contribution >= 4 is 52.7 Å². The molecule has 2 aromatic carbocycles. The summed E-state index contributed by atoms with van der Waals surface area (Å²) in [6.07, 6.45) is 5.41. The molecule has 0 N–H and O–H groups in total. The number of carbonyl (C=O) groups excluding carboxylic acids is 5. The summed E-state index contributed by atoms with van der Waals surface area (Å²) in [6.45, 7) is 1.22. The summed E-state index contributed by atoms with van der Waals surface area (Å²) in [7, 11) is 0. The largest absolute Gasteiger partial charge is 0.457 e. The number of allylic oxidation sites excluding steroid dienone is 2. The van der Waals surface area contributed by atoms with E-state index in [1.54, 1.807) is 6.07 Å². The van der Waals surface area contributed by atoms with Crippen LogP contribution in [0.15, 0.2) is 77.4 Å². The van der Waals surface area contributed by atoms with Crippen molar-refractivity contribution in [1.82, 2.24) is 10.0 Å². The number of esters is 1. The van der Waals surface area contributed by atoms with Crippen molar-refractivity contribution in [1.29, 1.82) is 0 Å². The Morgan fingerprint density at radius 1 is 1.00 bits per heavy atom. The number of fused-ring (bicyclic) bond motifs is 1. The summed E-state index contributed by atoms with van der Waals surface area (Å²) >= 11 is 12.1. The second-order valence-electron chi connectivity index (χ2n) is 9.45. The third kappa shape index (κ3) is 5.17. The van der Waals surface area contributed by atoms with Gasteiger partial charge in [0.05, 0.1) is 28.1 Å². The summed E-state index contributed by atoms with van der Waals surface area (Å²) < 4.78 is 10.2. The van der Waals surface area contributed by atoms with Crippen LogP contribution in [0.5, 0.6) is 5.75 Å². The van der Waals surface area contributed by atoms with Gasteiger partial charge in [-0.15, -0.1) is 0 Å². The number of benzene rings is 2. The Morgan fingerprint density at radius 3 is 2.38 bits per heavy atom. The van der Waals surface area contributed by atoms with Gasteiger partial charge in [-0.25, -0.2) is 9.80 Å². The van der Waals surface area contributed by atoms with E-state index in [0.717, 1.165) is 10.0 Å². The predicted molar refractivity (Wildman–Crippen MR) is 144 cm³/mol. The van der Waals surface area contributed by atoms with Gasteiger partial charge in [-0.05, 0) is 66.9 Å². The smallest absolute Gasteiger partial charge is 0.379 e. The number of rotatable bonds is 7. The highest BCUT2D eigenvalue weighted by atomic mass is 35.5. The maximum Gasteiger partial charge on any atom is 0.379 e. The van der Waals surface area contributed by atoms with Gasteiger partial charge in [0.1, 0.15) is 12.3 Å². The van der Waals surface area contributed by atoms with E-state index in [9.17, 15) is 24.0 Å². The molecule has 1 aliphatic carbocycles. The van der Waals surface area contributed by atoms with Gasteiger partial charge in [-0.3, -0.25) is 19.2 Å². The molecule has 2 aliphatic rings. The molecule has 0 radical (unpaired) electrons. The molecule has 5 rings (SSSR count). The van der Waals surface area contributed by atoms with Crippen LogP contribution in [0.2, 0.25) is 10.0 Å². The lowest BCUT2D eigenvalue weighted by atomic mass is 9.78. The highest BCUT2D eigenvalue weighted by Gasteiger charge is 2.53. The summed E-state index contributed by atoms with van der Waals surface area (Å²) in [5.74, 6) is -4.43. The number of carbonyl (C=O) groups is 5. The predicted octanol–water partition coefficient (Wildman–Crippen LogP) is 5.24. The normalized spacial score (nSPS) is 19.9. The first-order valence-corrected chi connectivity index (χ1v) is 13.1. The second-order valence-corrected chi connectivity index (χ2v) is 10.3. The monoisotopic (exact) mass is 580 g/mol. The first-order valence-electron chi connectivity index (χ1n) is 12.4. The van der Waals surface area contributed by atoms with Crippen LogP contribution in [0.25, 0.3) is 0 Å². The third-order valence-electron chi connectivity index (χ3n) is 6.89. The minimum atomic E-state index is -0.767. The van der Waals surface area contributed by atoms with E-state index in [1.807, 2.05) is 19.1 Å². The number of Topliss-reactive ketones (excluding diaryl/α,β-unsaturated/α-hetero) is 1. The standard InChI is InChI=1S/C29H22Cl2N2O7/c1-16-4-2-5-20-25(16)28(37)33(27(20)36)32(26(35)18-9-12-21(30)22(31)14-18)15-23(34)17-7-10-19(11-8-17)40-29(38)24-6-3-13-39-24/h2-4,6-14,16,20,25H,5,15H2,1H3/t16-,20-,25-/m1/s1. The molecule has 1 fully saturated rings. The SMILES string of the molecule is C[C@@H]1C=CC[C@H]2C(=O)N(N(CC(=O)c3ccc(OC(=O)c4ccco4)cc3)C(=O)c3ccc(Cl)c(Cl)c3)C(=O)[C@H]12. The molecule has 1 aromatic heterocycles. The molecule has 1 aliphatic heterocycles. The van der Waals surface area contributed by atoms with E-state index in [-0.39, 0.29) is 38.6 Å². The van der Waals surface area contributed by atoms with Gasteiger partial charge in [0.2, 0.25) is 5.76 Å². The molecule has 11 heteroatoms. The number of hydrazine groups is 1. The maximum absolute atomic E-state index is 13.7. The van der Waals surface area contributed by atoms with Gasteiger partial charge in [-0.2, -0.15) is 5.01 Å². The second kappa shape index (κ2) is 11.1. The molecule has 3 atom stereocenters. The van der Waals surface area contributed by atoms with Crippen molar-refractivity contribution in [2.75, 3.05) is 6.54 Å². The van der Waals surface area contributed by atoms with Crippen molar-refractivity contribution in [2.24, 2.45) is 17.8 Å². The lowest BCUT2D eigenvalue weighted by Crippen LogP contribution is -2.52. The van der Waals surface area contributed by atoms with Crippen LogP contribution in [-0.4, -0.2) is 46.0 Å². The van der Waals surface area contributed by atoms with Crippen molar-refractivity contribution < 1.29 is 33.1 Å². The van der Waals surface area contributed by atoms with Crippen LogP contribution < -0.4 is 4.74 Å².